The molecule has 37 heavy (non-hydrogen) atoms. The second-order valence-electron chi connectivity index (χ2n) is 10.5. The maximum Gasteiger partial charge on any atom is 0.255 e. The van der Waals surface area contributed by atoms with Gasteiger partial charge in [-0.25, -0.2) is 0 Å². The molecule has 3 N–H and O–H groups in total. The lowest BCUT2D eigenvalue weighted by atomic mass is 10.0. The molecule has 0 radical (unpaired) electrons. The van der Waals surface area contributed by atoms with Crippen LogP contribution in [0.25, 0.3) is 0 Å². The van der Waals surface area contributed by atoms with E-state index in [1.54, 1.807) is 18.2 Å². The molecule has 2 heterocycles. The molecule has 0 saturated carbocycles. The van der Waals surface area contributed by atoms with Crippen LogP contribution in [0.15, 0.2) is 18.2 Å². The summed E-state index contributed by atoms with van der Waals surface area (Å²) in [4.78, 5) is 62.4. The molecular weight excluding hydrogens is 476 g/mol. The molecule has 202 valence electrons. The highest BCUT2D eigenvalue weighted by molar-refractivity contribution is 6.06. The number of hydrogen-bond acceptors (Lipinski definition) is 6. The molecule has 0 bridgehead atoms. The predicted octanol–water partition coefficient (Wildman–Crippen LogP) is 2.66. The Morgan fingerprint density at radius 2 is 1.78 bits per heavy atom. The molecule has 1 aromatic rings. The minimum Gasteiger partial charge on any atom is -0.366 e. The van der Waals surface area contributed by atoms with Crippen LogP contribution in [0.2, 0.25) is 0 Å². The average Bonchev–Trinajstić information content (AvgIpc) is 3.16. The molecular formula is C27H38N4O6. The van der Waals surface area contributed by atoms with Gasteiger partial charge in [0.25, 0.3) is 5.91 Å². The number of nitrogens with one attached hydrogen (secondary N) is 3. The number of carbonyl (C=O) groups excluding carboxylic acids is 5. The molecule has 1 atom stereocenters. The Hall–Kier alpha value is -3.27. The number of anilines is 1. The minimum atomic E-state index is -0.689. The van der Waals surface area contributed by atoms with Gasteiger partial charge in [0.05, 0.1) is 5.60 Å². The van der Waals surface area contributed by atoms with E-state index >= 15 is 0 Å². The summed E-state index contributed by atoms with van der Waals surface area (Å²) in [6.07, 6.45) is 5.32. The number of carbonyl (C=O) groups is 5. The molecule has 0 aliphatic carbocycles. The Kier molecular flexibility index (Phi) is 9.79. The summed E-state index contributed by atoms with van der Waals surface area (Å²) in [6.45, 7) is 6.62. The maximum absolute atomic E-state index is 12.9. The quantitative estimate of drug-likeness (QED) is 0.290. The third-order valence-electron chi connectivity index (χ3n) is 6.40. The van der Waals surface area contributed by atoms with Crippen LogP contribution >= 0.6 is 0 Å². The van der Waals surface area contributed by atoms with Gasteiger partial charge >= 0.3 is 0 Å². The fourth-order valence-electron chi connectivity index (χ4n) is 4.42. The van der Waals surface area contributed by atoms with E-state index in [1.165, 1.54) is 4.90 Å². The Balaban J connectivity index is 1.35. The van der Waals surface area contributed by atoms with Gasteiger partial charge < -0.3 is 20.3 Å². The Labute approximate surface area is 217 Å². The van der Waals surface area contributed by atoms with Crippen molar-refractivity contribution in [2.45, 2.75) is 90.3 Å². The normalized spacial score (nSPS) is 17.4. The topological polar surface area (TPSA) is 134 Å². The van der Waals surface area contributed by atoms with E-state index in [0.717, 1.165) is 32.1 Å². The molecule has 1 fully saturated rings. The van der Waals surface area contributed by atoms with Gasteiger partial charge in [0.15, 0.2) is 0 Å². The van der Waals surface area contributed by atoms with Crippen LogP contribution in [0.5, 0.6) is 0 Å². The van der Waals surface area contributed by atoms with E-state index in [-0.39, 0.29) is 48.8 Å². The summed E-state index contributed by atoms with van der Waals surface area (Å²) < 4.78 is 5.44. The first kappa shape index (κ1) is 28.3. The van der Waals surface area contributed by atoms with Crippen LogP contribution in [0.1, 0.15) is 88.1 Å². The van der Waals surface area contributed by atoms with Crippen molar-refractivity contribution in [3.63, 3.8) is 0 Å². The number of benzene rings is 1. The van der Waals surface area contributed by atoms with Crippen molar-refractivity contribution in [1.82, 2.24) is 15.5 Å². The van der Waals surface area contributed by atoms with Crippen LogP contribution in [0.4, 0.5) is 5.69 Å². The van der Waals surface area contributed by atoms with Crippen molar-refractivity contribution in [2.75, 3.05) is 18.5 Å². The summed E-state index contributed by atoms with van der Waals surface area (Å²) in [5.74, 6) is -1.28. The van der Waals surface area contributed by atoms with Gasteiger partial charge in [0.1, 0.15) is 12.6 Å². The first-order chi connectivity index (χ1) is 17.5. The van der Waals surface area contributed by atoms with Gasteiger partial charge in [-0.05, 0) is 52.2 Å². The highest BCUT2D eigenvalue weighted by Crippen LogP contribution is 2.32. The highest BCUT2D eigenvalue weighted by atomic mass is 16.5. The van der Waals surface area contributed by atoms with Gasteiger partial charge in [0.2, 0.25) is 23.6 Å². The van der Waals surface area contributed by atoms with E-state index in [2.05, 4.69) is 16.0 Å². The number of nitrogens with zero attached hydrogens (tertiary/aromatic N) is 1. The van der Waals surface area contributed by atoms with E-state index in [0.29, 0.717) is 36.2 Å². The number of ether oxygens (including phenoxy) is 1. The van der Waals surface area contributed by atoms with Gasteiger partial charge in [-0.3, -0.25) is 29.3 Å². The van der Waals surface area contributed by atoms with E-state index in [9.17, 15) is 24.0 Å². The zero-order chi connectivity index (χ0) is 27.0. The summed E-state index contributed by atoms with van der Waals surface area (Å²) in [7, 11) is 0. The standard InChI is InChI=1S/C27H38N4O6/c1-27(2,3)37-17-24(34)28-15-8-6-4-5-7-12-22(32)29-20-11-9-10-18-19(20)16-31(26(18)36)21-13-14-23(33)30-25(21)35/h9-11,21H,4-8,12-17H2,1-3H3,(H,28,34)(H,29,32)(H,30,33,35). The number of hydrogen-bond donors (Lipinski definition) is 3. The highest BCUT2D eigenvalue weighted by Gasteiger charge is 2.39. The lowest BCUT2D eigenvalue weighted by Gasteiger charge is -2.29. The fraction of sp³-hybridized carbons (Fsp3) is 0.593. The van der Waals surface area contributed by atoms with Crippen molar-refractivity contribution in [3.8, 4) is 0 Å². The lowest BCUT2D eigenvalue weighted by molar-refractivity contribution is -0.137. The molecule has 1 aromatic carbocycles. The number of fused-ring (bicyclic) bond motifs is 1. The third kappa shape index (κ3) is 8.38. The SMILES string of the molecule is CC(C)(C)OCC(=O)NCCCCCCCC(=O)Nc1cccc2c1CN(C1CCC(=O)NC1=O)C2=O. The van der Waals surface area contributed by atoms with Crippen molar-refractivity contribution in [1.29, 1.82) is 0 Å². The monoisotopic (exact) mass is 514 g/mol. The van der Waals surface area contributed by atoms with Gasteiger partial charge in [-0.1, -0.05) is 25.3 Å². The Morgan fingerprint density at radius 1 is 1.05 bits per heavy atom. The van der Waals surface area contributed by atoms with Crippen molar-refractivity contribution in [3.05, 3.63) is 29.3 Å². The van der Waals surface area contributed by atoms with E-state index < -0.39 is 11.9 Å². The van der Waals surface area contributed by atoms with Crippen LogP contribution < -0.4 is 16.0 Å². The molecule has 0 spiro atoms. The second-order valence-corrected chi connectivity index (χ2v) is 10.5. The van der Waals surface area contributed by atoms with Crippen LogP contribution in [0.3, 0.4) is 0 Å². The number of imide groups is 1. The maximum atomic E-state index is 12.9. The van der Waals surface area contributed by atoms with Crippen LogP contribution in [-0.2, 0) is 30.5 Å². The zero-order valence-electron chi connectivity index (χ0n) is 22.0. The van der Waals surface area contributed by atoms with Crippen molar-refractivity contribution < 1.29 is 28.7 Å². The predicted molar refractivity (Wildman–Crippen MR) is 138 cm³/mol. The lowest BCUT2D eigenvalue weighted by Crippen LogP contribution is -2.52. The molecule has 1 unspecified atom stereocenters. The number of unbranched alkanes of at least 4 members (excludes halogenated alkanes) is 4. The molecule has 0 aromatic heterocycles. The molecule has 10 nitrogen and oxygen atoms in total. The Morgan fingerprint density at radius 3 is 2.51 bits per heavy atom. The first-order valence-corrected chi connectivity index (χ1v) is 13.0. The number of piperidine rings is 1. The largest absolute Gasteiger partial charge is 0.366 e. The summed E-state index contributed by atoms with van der Waals surface area (Å²) >= 11 is 0. The summed E-state index contributed by atoms with van der Waals surface area (Å²) in [5, 5.41) is 8.06. The van der Waals surface area contributed by atoms with E-state index in [1.807, 2.05) is 20.8 Å². The zero-order valence-corrected chi connectivity index (χ0v) is 22.0. The summed E-state index contributed by atoms with van der Waals surface area (Å²) in [6, 6.07) is 4.48. The average molecular weight is 515 g/mol. The van der Waals surface area contributed by atoms with Crippen molar-refractivity contribution in [2.24, 2.45) is 0 Å². The molecule has 2 aliphatic rings. The van der Waals surface area contributed by atoms with Gasteiger partial charge in [-0.2, -0.15) is 0 Å². The Bertz CT molecular complexity index is 1030. The first-order valence-electron chi connectivity index (χ1n) is 13.0. The minimum absolute atomic E-state index is 0.0619. The van der Waals surface area contributed by atoms with E-state index in [4.69, 9.17) is 4.74 Å². The molecule has 2 aliphatic heterocycles. The molecule has 5 amide bonds. The van der Waals surface area contributed by atoms with Crippen LogP contribution in [-0.4, -0.2) is 59.2 Å². The smallest absolute Gasteiger partial charge is 0.255 e. The molecule has 3 rings (SSSR count). The third-order valence-corrected chi connectivity index (χ3v) is 6.40. The number of rotatable bonds is 12. The van der Waals surface area contributed by atoms with Crippen LogP contribution in [0, 0.1) is 0 Å². The summed E-state index contributed by atoms with van der Waals surface area (Å²) in [5.41, 5.74) is 1.41. The number of amides is 5. The van der Waals surface area contributed by atoms with Gasteiger partial charge in [0, 0.05) is 42.7 Å². The second kappa shape index (κ2) is 12.8. The molecule has 1 saturated heterocycles. The molecule has 10 heteroatoms. The van der Waals surface area contributed by atoms with Crippen molar-refractivity contribution >= 4 is 35.2 Å². The van der Waals surface area contributed by atoms with Gasteiger partial charge in [-0.15, -0.1) is 0 Å². The fourth-order valence-corrected chi connectivity index (χ4v) is 4.42.